The normalized spacial score (nSPS) is 23.6. The van der Waals surface area contributed by atoms with Crippen molar-refractivity contribution in [3.05, 3.63) is 0 Å². The van der Waals surface area contributed by atoms with Crippen molar-refractivity contribution in [1.29, 1.82) is 5.26 Å². The molecular weight excluding hydrogens is 196 g/mol. The Morgan fingerprint density at radius 1 is 1.71 bits per heavy atom. The Kier molecular flexibility index (Phi) is 4.81. The lowest BCUT2D eigenvalue weighted by molar-refractivity contribution is -0.120. The van der Waals surface area contributed by atoms with Crippen LogP contribution in [0.4, 0.5) is 0 Å². The number of nitrogens with zero attached hydrogens (tertiary/aromatic N) is 1. The molecule has 1 heterocycles. The number of rotatable bonds is 3. The molecule has 1 aliphatic heterocycles. The Hall–Kier alpha value is -0.690. The Bertz CT molecular complexity index is 231. The zero-order valence-electron chi connectivity index (χ0n) is 8.45. The first-order chi connectivity index (χ1) is 6.74. The van der Waals surface area contributed by atoms with E-state index >= 15 is 0 Å². The molecule has 1 rings (SSSR count). The van der Waals surface area contributed by atoms with Gasteiger partial charge in [-0.05, 0) is 25.5 Å². The molecule has 0 spiro atoms. The average molecular weight is 212 g/mol. The van der Waals surface area contributed by atoms with Gasteiger partial charge in [-0.2, -0.15) is 5.26 Å². The quantitative estimate of drug-likeness (QED) is 0.772. The highest BCUT2D eigenvalue weighted by Gasteiger charge is 2.21. The second-order valence-electron chi connectivity index (χ2n) is 3.63. The van der Waals surface area contributed by atoms with Gasteiger partial charge in [0.25, 0.3) is 0 Å². The van der Waals surface area contributed by atoms with Gasteiger partial charge >= 0.3 is 0 Å². The van der Waals surface area contributed by atoms with Gasteiger partial charge in [-0.15, -0.1) is 11.8 Å². The third-order valence-electron chi connectivity index (χ3n) is 2.27. The van der Waals surface area contributed by atoms with Crippen LogP contribution in [0.15, 0.2) is 0 Å². The first-order valence-corrected chi connectivity index (χ1v) is 6.08. The fourth-order valence-corrected chi connectivity index (χ4v) is 2.58. The van der Waals surface area contributed by atoms with Crippen LogP contribution in [0.2, 0.25) is 0 Å². The lowest BCUT2D eigenvalue weighted by atomic mass is 10.1. The molecule has 0 aromatic carbocycles. The molecule has 0 aromatic heterocycles. The lowest BCUT2D eigenvalue weighted by Gasteiger charge is -2.20. The number of carbonyl (C=O) groups is 1. The summed E-state index contributed by atoms with van der Waals surface area (Å²) in [6, 6.07) is 2.10. The summed E-state index contributed by atoms with van der Waals surface area (Å²) < 4.78 is 0. The van der Waals surface area contributed by atoms with Gasteiger partial charge < -0.3 is 5.32 Å². The SMILES string of the molecule is CC(C#N)CNC(=O)C1CCCCS1. The Balaban J connectivity index is 2.24. The summed E-state index contributed by atoms with van der Waals surface area (Å²) in [5.41, 5.74) is 0. The van der Waals surface area contributed by atoms with Crippen LogP contribution in [-0.2, 0) is 4.79 Å². The van der Waals surface area contributed by atoms with Crippen molar-refractivity contribution >= 4 is 17.7 Å². The van der Waals surface area contributed by atoms with Gasteiger partial charge in [-0.1, -0.05) is 6.42 Å². The molecule has 14 heavy (non-hydrogen) atoms. The zero-order valence-corrected chi connectivity index (χ0v) is 9.27. The van der Waals surface area contributed by atoms with E-state index in [1.807, 2.05) is 6.92 Å². The van der Waals surface area contributed by atoms with Gasteiger partial charge in [0.2, 0.25) is 5.91 Å². The van der Waals surface area contributed by atoms with Gasteiger partial charge in [-0.25, -0.2) is 0 Å². The van der Waals surface area contributed by atoms with E-state index in [2.05, 4.69) is 11.4 Å². The molecule has 0 aliphatic carbocycles. The second kappa shape index (κ2) is 5.92. The average Bonchev–Trinajstić information content (AvgIpc) is 2.26. The van der Waals surface area contributed by atoms with E-state index in [1.165, 1.54) is 6.42 Å². The first kappa shape index (κ1) is 11.4. The summed E-state index contributed by atoms with van der Waals surface area (Å²) in [6.45, 7) is 2.29. The summed E-state index contributed by atoms with van der Waals surface area (Å²) in [7, 11) is 0. The van der Waals surface area contributed by atoms with Crippen LogP contribution >= 0.6 is 11.8 Å². The highest BCUT2D eigenvalue weighted by atomic mass is 32.2. The van der Waals surface area contributed by atoms with Crippen molar-refractivity contribution in [2.45, 2.75) is 31.4 Å². The van der Waals surface area contributed by atoms with E-state index in [0.29, 0.717) is 6.54 Å². The fraction of sp³-hybridized carbons (Fsp3) is 0.800. The van der Waals surface area contributed by atoms with Crippen molar-refractivity contribution in [2.24, 2.45) is 5.92 Å². The van der Waals surface area contributed by atoms with E-state index < -0.39 is 0 Å². The third-order valence-corrected chi connectivity index (χ3v) is 3.65. The summed E-state index contributed by atoms with van der Waals surface area (Å²) in [6.07, 6.45) is 3.36. The molecule has 1 fully saturated rings. The molecule has 0 radical (unpaired) electrons. The molecule has 0 aromatic rings. The molecule has 1 N–H and O–H groups in total. The highest BCUT2D eigenvalue weighted by Crippen LogP contribution is 2.24. The van der Waals surface area contributed by atoms with E-state index in [4.69, 9.17) is 5.26 Å². The largest absolute Gasteiger partial charge is 0.354 e. The molecular formula is C10H16N2OS. The number of thioether (sulfide) groups is 1. The van der Waals surface area contributed by atoms with Crippen LogP contribution in [0.25, 0.3) is 0 Å². The van der Waals surface area contributed by atoms with E-state index in [9.17, 15) is 4.79 Å². The Morgan fingerprint density at radius 3 is 3.07 bits per heavy atom. The van der Waals surface area contributed by atoms with Crippen LogP contribution in [0.5, 0.6) is 0 Å². The molecule has 2 atom stereocenters. The predicted molar refractivity (Wildman–Crippen MR) is 57.9 cm³/mol. The van der Waals surface area contributed by atoms with Crippen LogP contribution in [-0.4, -0.2) is 23.5 Å². The van der Waals surface area contributed by atoms with Crippen molar-refractivity contribution in [2.75, 3.05) is 12.3 Å². The summed E-state index contributed by atoms with van der Waals surface area (Å²) in [5, 5.41) is 11.5. The number of nitrogens with one attached hydrogen (secondary N) is 1. The fourth-order valence-electron chi connectivity index (χ4n) is 1.36. The Morgan fingerprint density at radius 2 is 2.50 bits per heavy atom. The molecule has 0 bridgehead atoms. The number of amides is 1. The minimum absolute atomic E-state index is 0.0902. The van der Waals surface area contributed by atoms with Crippen molar-refractivity contribution < 1.29 is 4.79 Å². The molecule has 0 saturated carbocycles. The molecule has 1 amide bonds. The number of hydrogen-bond acceptors (Lipinski definition) is 3. The third kappa shape index (κ3) is 3.59. The van der Waals surface area contributed by atoms with Gasteiger partial charge in [0, 0.05) is 6.54 Å². The van der Waals surface area contributed by atoms with Crippen molar-refractivity contribution in [3.8, 4) is 6.07 Å². The Labute approximate surface area is 89.2 Å². The van der Waals surface area contributed by atoms with Crippen LogP contribution in [0.3, 0.4) is 0 Å². The minimum Gasteiger partial charge on any atom is -0.354 e. The molecule has 1 aliphatic rings. The topological polar surface area (TPSA) is 52.9 Å². The number of hydrogen-bond donors (Lipinski definition) is 1. The second-order valence-corrected chi connectivity index (χ2v) is 4.94. The maximum Gasteiger partial charge on any atom is 0.233 e. The molecule has 1 saturated heterocycles. The predicted octanol–water partition coefficient (Wildman–Crippen LogP) is 1.55. The van der Waals surface area contributed by atoms with Crippen LogP contribution < -0.4 is 5.32 Å². The molecule has 78 valence electrons. The maximum atomic E-state index is 11.6. The van der Waals surface area contributed by atoms with Crippen molar-refractivity contribution in [3.63, 3.8) is 0 Å². The summed E-state index contributed by atoms with van der Waals surface area (Å²) in [4.78, 5) is 11.6. The van der Waals surface area contributed by atoms with Gasteiger partial charge in [0.1, 0.15) is 0 Å². The van der Waals surface area contributed by atoms with Crippen molar-refractivity contribution in [1.82, 2.24) is 5.32 Å². The summed E-state index contributed by atoms with van der Waals surface area (Å²) >= 11 is 1.74. The van der Waals surface area contributed by atoms with Gasteiger partial charge in [0.05, 0.1) is 17.2 Å². The standard InChI is InChI=1S/C10H16N2OS/c1-8(6-11)7-12-10(13)9-4-2-3-5-14-9/h8-9H,2-5,7H2,1H3,(H,12,13). The molecule has 3 nitrogen and oxygen atoms in total. The lowest BCUT2D eigenvalue weighted by Crippen LogP contribution is -2.36. The van der Waals surface area contributed by atoms with E-state index in [1.54, 1.807) is 11.8 Å². The number of carbonyl (C=O) groups excluding carboxylic acids is 1. The van der Waals surface area contributed by atoms with Crippen LogP contribution in [0.1, 0.15) is 26.2 Å². The highest BCUT2D eigenvalue weighted by molar-refractivity contribution is 8.00. The minimum atomic E-state index is -0.0902. The zero-order chi connectivity index (χ0) is 10.4. The van der Waals surface area contributed by atoms with Gasteiger partial charge in [-0.3, -0.25) is 4.79 Å². The number of nitriles is 1. The smallest absolute Gasteiger partial charge is 0.233 e. The molecule has 4 heteroatoms. The van der Waals surface area contributed by atoms with Gasteiger partial charge in [0.15, 0.2) is 0 Å². The van der Waals surface area contributed by atoms with Crippen LogP contribution in [0, 0.1) is 17.2 Å². The summed E-state index contributed by atoms with van der Waals surface area (Å²) in [5.74, 6) is 1.11. The van der Waals surface area contributed by atoms with E-state index in [0.717, 1.165) is 18.6 Å². The monoisotopic (exact) mass is 212 g/mol. The molecule has 2 unspecified atom stereocenters. The maximum absolute atomic E-state index is 11.6. The first-order valence-electron chi connectivity index (χ1n) is 5.03. The van der Waals surface area contributed by atoms with E-state index in [-0.39, 0.29) is 17.1 Å².